The second kappa shape index (κ2) is 7.00. The predicted molar refractivity (Wildman–Crippen MR) is 89.3 cm³/mol. The molecule has 0 saturated carbocycles. The first-order valence-electron chi connectivity index (χ1n) is 7.30. The zero-order chi connectivity index (χ0) is 15.4. The van der Waals surface area contributed by atoms with Crippen LogP contribution in [0.5, 0.6) is 0 Å². The van der Waals surface area contributed by atoms with Crippen LogP contribution in [0.3, 0.4) is 0 Å². The Morgan fingerprint density at radius 3 is 2.62 bits per heavy atom. The second-order valence-corrected chi connectivity index (χ2v) is 6.28. The van der Waals surface area contributed by atoms with E-state index in [9.17, 15) is 4.79 Å². The lowest BCUT2D eigenvalue weighted by Gasteiger charge is -2.36. The van der Waals surface area contributed by atoms with Gasteiger partial charge in [-0.25, -0.2) is 0 Å². The third kappa shape index (κ3) is 4.25. The van der Waals surface area contributed by atoms with Crippen LogP contribution in [0.4, 0.5) is 0 Å². The maximum absolute atomic E-state index is 12.4. The molecule has 1 unspecified atom stereocenters. The van der Waals surface area contributed by atoms with Crippen molar-refractivity contribution in [2.24, 2.45) is 5.73 Å². The molecular formula is C16H23N3OS. The molecule has 0 bridgehead atoms. The van der Waals surface area contributed by atoms with Gasteiger partial charge in [-0.1, -0.05) is 36.5 Å². The average molecular weight is 305 g/mol. The molecule has 0 aliphatic carbocycles. The number of hydrogen-bond donors (Lipinski definition) is 1. The number of carbonyl (C=O) groups excluding carboxylic acids is 1. The quantitative estimate of drug-likeness (QED) is 0.855. The Labute approximate surface area is 131 Å². The van der Waals surface area contributed by atoms with Crippen LogP contribution in [0.1, 0.15) is 24.0 Å². The van der Waals surface area contributed by atoms with E-state index >= 15 is 0 Å². The number of piperidine rings is 1. The van der Waals surface area contributed by atoms with Gasteiger partial charge in [0.25, 0.3) is 0 Å². The molecule has 0 aromatic heterocycles. The van der Waals surface area contributed by atoms with Crippen LogP contribution in [0.15, 0.2) is 24.3 Å². The summed E-state index contributed by atoms with van der Waals surface area (Å²) >= 11 is 4.93. The molecule has 1 aromatic rings. The SMILES string of the molecule is CN(C)C1CCCN(C(=O)Cc2ccc(C(N)=S)cc2)C1. The van der Waals surface area contributed by atoms with Gasteiger partial charge in [0.15, 0.2) is 0 Å². The number of likely N-dealkylation sites (N-methyl/N-ethyl adjacent to an activating group) is 1. The van der Waals surface area contributed by atoms with Gasteiger partial charge in [0.1, 0.15) is 4.99 Å². The summed E-state index contributed by atoms with van der Waals surface area (Å²) in [6, 6.07) is 8.09. The van der Waals surface area contributed by atoms with Crippen LogP contribution in [0, 0.1) is 0 Å². The Morgan fingerprint density at radius 1 is 1.38 bits per heavy atom. The fourth-order valence-corrected chi connectivity index (χ4v) is 2.81. The number of nitrogens with zero attached hydrogens (tertiary/aromatic N) is 2. The van der Waals surface area contributed by atoms with Crippen molar-refractivity contribution in [2.75, 3.05) is 27.2 Å². The van der Waals surface area contributed by atoms with Crippen LogP contribution in [0.2, 0.25) is 0 Å². The molecule has 1 atom stereocenters. The molecule has 114 valence electrons. The number of rotatable bonds is 4. The molecule has 1 aliphatic rings. The van der Waals surface area contributed by atoms with Crippen LogP contribution in [-0.4, -0.2) is 53.9 Å². The molecule has 1 fully saturated rings. The first-order chi connectivity index (χ1) is 9.97. The van der Waals surface area contributed by atoms with Gasteiger partial charge in [0.2, 0.25) is 5.91 Å². The third-order valence-corrected chi connectivity index (χ3v) is 4.31. The number of hydrogen-bond acceptors (Lipinski definition) is 3. The zero-order valence-corrected chi connectivity index (χ0v) is 13.5. The van der Waals surface area contributed by atoms with E-state index in [0.29, 0.717) is 17.5 Å². The minimum Gasteiger partial charge on any atom is -0.389 e. The Balaban J connectivity index is 1.96. The molecule has 1 saturated heterocycles. The molecule has 1 heterocycles. The van der Waals surface area contributed by atoms with E-state index in [1.807, 2.05) is 29.2 Å². The van der Waals surface area contributed by atoms with E-state index in [0.717, 1.165) is 30.6 Å². The third-order valence-electron chi connectivity index (χ3n) is 4.07. The van der Waals surface area contributed by atoms with E-state index in [-0.39, 0.29) is 5.91 Å². The van der Waals surface area contributed by atoms with Gasteiger partial charge in [-0.05, 0) is 32.5 Å². The summed E-state index contributed by atoms with van der Waals surface area (Å²) in [5.74, 6) is 0.199. The van der Waals surface area contributed by atoms with Crippen molar-refractivity contribution in [2.45, 2.75) is 25.3 Å². The molecule has 1 aromatic carbocycles. The van der Waals surface area contributed by atoms with Gasteiger partial charge >= 0.3 is 0 Å². The van der Waals surface area contributed by atoms with Gasteiger partial charge in [-0.15, -0.1) is 0 Å². The average Bonchev–Trinajstić information content (AvgIpc) is 2.48. The molecule has 1 amide bonds. The molecule has 5 heteroatoms. The Bertz CT molecular complexity index is 513. The standard InChI is InChI=1S/C16H23N3OS/c1-18(2)14-4-3-9-19(11-14)15(20)10-12-5-7-13(8-6-12)16(17)21/h5-8,14H,3-4,9-11H2,1-2H3,(H2,17,21). The Kier molecular flexibility index (Phi) is 5.31. The molecule has 21 heavy (non-hydrogen) atoms. The number of amides is 1. The maximum atomic E-state index is 12.4. The monoisotopic (exact) mass is 305 g/mol. The van der Waals surface area contributed by atoms with E-state index in [4.69, 9.17) is 18.0 Å². The molecule has 0 radical (unpaired) electrons. The minimum atomic E-state index is 0.199. The van der Waals surface area contributed by atoms with Crippen molar-refractivity contribution in [1.82, 2.24) is 9.80 Å². The van der Waals surface area contributed by atoms with Gasteiger partial charge in [-0.3, -0.25) is 4.79 Å². The number of benzene rings is 1. The number of nitrogens with two attached hydrogens (primary N) is 1. The summed E-state index contributed by atoms with van der Waals surface area (Å²) in [4.78, 5) is 17.0. The number of thiocarbonyl (C=S) groups is 1. The van der Waals surface area contributed by atoms with Gasteiger partial charge < -0.3 is 15.5 Å². The minimum absolute atomic E-state index is 0.199. The van der Waals surface area contributed by atoms with Crippen LogP contribution in [-0.2, 0) is 11.2 Å². The smallest absolute Gasteiger partial charge is 0.227 e. The number of carbonyl (C=O) groups is 1. The summed E-state index contributed by atoms with van der Waals surface area (Å²) in [6.07, 6.45) is 2.69. The molecule has 2 N–H and O–H groups in total. The second-order valence-electron chi connectivity index (χ2n) is 5.84. The fraction of sp³-hybridized carbons (Fsp3) is 0.500. The van der Waals surface area contributed by atoms with Crippen LogP contribution in [0.25, 0.3) is 0 Å². The zero-order valence-electron chi connectivity index (χ0n) is 12.7. The lowest BCUT2D eigenvalue weighted by atomic mass is 10.0. The van der Waals surface area contributed by atoms with E-state index < -0.39 is 0 Å². The van der Waals surface area contributed by atoms with Crippen molar-refractivity contribution >= 4 is 23.1 Å². The summed E-state index contributed by atoms with van der Waals surface area (Å²) in [5, 5.41) is 0. The summed E-state index contributed by atoms with van der Waals surface area (Å²) in [7, 11) is 4.15. The largest absolute Gasteiger partial charge is 0.389 e. The highest BCUT2D eigenvalue weighted by molar-refractivity contribution is 7.80. The molecule has 1 aliphatic heterocycles. The van der Waals surface area contributed by atoms with E-state index in [1.165, 1.54) is 6.42 Å². The van der Waals surface area contributed by atoms with Gasteiger partial charge in [-0.2, -0.15) is 0 Å². The van der Waals surface area contributed by atoms with Crippen molar-refractivity contribution in [3.63, 3.8) is 0 Å². The summed E-state index contributed by atoms with van der Waals surface area (Å²) < 4.78 is 0. The summed E-state index contributed by atoms with van der Waals surface area (Å²) in [5.41, 5.74) is 7.42. The van der Waals surface area contributed by atoms with E-state index in [2.05, 4.69) is 19.0 Å². The Hall–Kier alpha value is -1.46. The summed E-state index contributed by atoms with van der Waals surface area (Å²) in [6.45, 7) is 1.70. The fourth-order valence-electron chi connectivity index (χ4n) is 2.68. The normalized spacial score (nSPS) is 18.8. The molecule has 0 spiro atoms. The topological polar surface area (TPSA) is 49.6 Å². The first kappa shape index (κ1) is 15.9. The maximum Gasteiger partial charge on any atom is 0.227 e. The van der Waals surface area contributed by atoms with Gasteiger partial charge in [0.05, 0.1) is 6.42 Å². The lowest BCUT2D eigenvalue weighted by Crippen LogP contribution is -2.47. The highest BCUT2D eigenvalue weighted by atomic mass is 32.1. The van der Waals surface area contributed by atoms with Crippen molar-refractivity contribution in [3.8, 4) is 0 Å². The van der Waals surface area contributed by atoms with Gasteiger partial charge in [0, 0.05) is 24.7 Å². The highest BCUT2D eigenvalue weighted by Crippen LogP contribution is 2.15. The first-order valence-corrected chi connectivity index (χ1v) is 7.71. The highest BCUT2D eigenvalue weighted by Gasteiger charge is 2.24. The van der Waals surface area contributed by atoms with E-state index in [1.54, 1.807) is 0 Å². The predicted octanol–water partition coefficient (Wildman–Crippen LogP) is 1.42. The van der Waals surface area contributed by atoms with Crippen LogP contribution < -0.4 is 5.73 Å². The molecule has 2 rings (SSSR count). The Morgan fingerprint density at radius 2 is 2.05 bits per heavy atom. The van der Waals surface area contributed by atoms with Crippen LogP contribution >= 0.6 is 12.2 Å². The molecule has 4 nitrogen and oxygen atoms in total. The number of likely N-dealkylation sites (tertiary alicyclic amines) is 1. The lowest BCUT2D eigenvalue weighted by molar-refractivity contribution is -0.132. The van der Waals surface area contributed by atoms with Crippen molar-refractivity contribution in [1.29, 1.82) is 0 Å². The molecular weight excluding hydrogens is 282 g/mol. The van der Waals surface area contributed by atoms with Crippen molar-refractivity contribution < 1.29 is 4.79 Å². The van der Waals surface area contributed by atoms with Crippen molar-refractivity contribution in [3.05, 3.63) is 35.4 Å².